The predicted molar refractivity (Wildman–Crippen MR) is 142 cm³/mol. The number of carbonyl (C=O) groups excluding carboxylic acids is 1. The molecule has 1 aliphatic rings. The minimum Gasteiger partial charge on any atom is -0.352 e. The Kier molecular flexibility index (Phi) is 6.38. The summed E-state index contributed by atoms with van der Waals surface area (Å²) >= 11 is 0. The van der Waals surface area contributed by atoms with E-state index in [0.717, 1.165) is 60.5 Å². The third-order valence-electron chi connectivity index (χ3n) is 6.91. The molecule has 192 valence electrons. The Labute approximate surface area is 217 Å². The van der Waals surface area contributed by atoms with Gasteiger partial charge in [0.05, 0.1) is 5.56 Å². The molecule has 0 bridgehead atoms. The first-order chi connectivity index (χ1) is 18.6. The van der Waals surface area contributed by atoms with Crippen LogP contribution in [0.15, 0.2) is 67.1 Å². The standard InChI is InChI=1S/C28H25F2N7O/c29-20-8-7-18(16-21(20)30)9-11-36-12-14-37(15-13-36)27-26-25(32-17-33-27)24-19(4-3-5-22(24)34-26)28(38)35-23-6-1-2-10-31-23/h1-8,10,16-17,34H,9,11-15H2,(H,31,35,38). The van der Waals surface area contributed by atoms with Crippen LogP contribution in [0.5, 0.6) is 0 Å². The minimum absolute atomic E-state index is 0.259. The number of hydrogen-bond acceptors (Lipinski definition) is 6. The van der Waals surface area contributed by atoms with Gasteiger partial charge < -0.3 is 15.2 Å². The van der Waals surface area contributed by atoms with Crippen LogP contribution in [0.25, 0.3) is 21.9 Å². The summed E-state index contributed by atoms with van der Waals surface area (Å²) in [6.07, 6.45) is 3.82. The van der Waals surface area contributed by atoms with Gasteiger partial charge in [0.25, 0.3) is 5.91 Å². The third-order valence-corrected chi connectivity index (χ3v) is 6.91. The maximum Gasteiger partial charge on any atom is 0.257 e. The molecule has 8 nitrogen and oxygen atoms in total. The van der Waals surface area contributed by atoms with Gasteiger partial charge in [-0.25, -0.2) is 23.7 Å². The molecule has 4 heterocycles. The highest BCUT2D eigenvalue weighted by Crippen LogP contribution is 2.32. The van der Waals surface area contributed by atoms with Crippen molar-refractivity contribution in [3.05, 3.63) is 89.9 Å². The first kappa shape index (κ1) is 23.9. The van der Waals surface area contributed by atoms with Crippen molar-refractivity contribution in [2.24, 2.45) is 0 Å². The molecule has 1 saturated heterocycles. The number of H-pyrrole nitrogens is 1. The molecule has 1 aliphatic heterocycles. The van der Waals surface area contributed by atoms with E-state index in [2.05, 4.69) is 35.1 Å². The van der Waals surface area contributed by atoms with Crippen molar-refractivity contribution in [3.63, 3.8) is 0 Å². The van der Waals surface area contributed by atoms with Crippen LogP contribution in [0.4, 0.5) is 20.4 Å². The van der Waals surface area contributed by atoms with E-state index in [1.165, 1.54) is 18.5 Å². The second-order valence-electron chi connectivity index (χ2n) is 9.27. The van der Waals surface area contributed by atoms with Crippen LogP contribution in [0.3, 0.4) is 0 Å². The summed E-state index contributed by atoms with van der Waals surface area (Å²) in [5.74, 6) is -0.619. The van der Waals surface area contributed by atoms with Gasteiger partial charge in [0.2, 0.25) is 0 Å². The van der Waals surface area contributed by atoms with E-state index in [1.807, 2.05) is 18.2 Å². The van der Waals surface area contributed by atoms with Crippen molar-refractivity contribution >= 4 is 39.5 Å². The van der Waals surface area contributed by atoms with Crippen LogP contribution in [-0.4, -0.2) is 63.5 Å². The van der Waals surface area contributed by atoms with Gasteiger partial charge in [-0.05, 0) is 48.4 Å². The number of benzene rings is 2. The van der Waals surface area contributed by atoms with Crippen molar-refractivity contribution < 1.29 is 13.6 Å². The average molecular weight is 514 g/mol. The molecule has 0 saturated carbocycles. The number of fused-ring (bicyclic) bond motifs is 3. The number of nitrogens with one attached hydrogen (secondary N) is 2. The van der Waals surface area contributed by atoms with E-state index in [0.29, 0.717) is 23.3 Å². The van der Waals surface area contributed by atoms with E-state index in [1.54, 1.807) is 30.5 Å². The summed E-state index contributed by atoms with van der Waals surface area (Å²) in [5, 5.41) is 3.60. The SMILES string of the molecule is O=C(Nc1ccccn1)c1cccc2[nH]c3c(N4CCN(CCc5ccc(F)c(F)c5)CC4)ncnc3c12. The number of anilines is 2. The van der Waals surface area contributed by atoms with Crippen molar-refractivity contribution in [1.82, 2.24) is 24.8 Å². The summed E-state index contributed by atoms with van der Waals surface area (Å²) in [4.78, 5) is 34.4. The molecule has 38 heavy (non-hydrogen) atoms. The lowest BCUT2D eigenvalue weighted by Crippen LogP contribution is -2.47. The summed E-state index contributed by atoms with van der Waals surface area (Å²) in [7, 11) is 0. The van der Waals surface area contributed by atoms with Gasteiger partial charge in [-0.1, -0.05) is 18.2 Å². The number of halogens is 2. The van der Waals surface area contributed by atoms with Crippen molar-refractivity contribution in [2.45, 2.75) is 6.42 Å². The van der Waals surface area contributed by atoms with E-state index in [-0.39, 0.29) is 5.91 Å². The zero-order valence-corrected chi connectivity index (χ0v) is 20.5. The van der Waals surface area contributed by atoms with Gasteiger partial charge in [0.15, 0.2) is 17.5 Å². The number of amides is 1. The lowest BCUT2D eigenvalue weighted by molar-refractivity contribution is 0.102. The molecular weight excluding hydrogens is 488 g/mol. The summed E-state index contributed by atoms with van der Waals surface area (Å²) in [6.45, 7) is 3.90. The van der Waals surface area contributed by atoms with Crippen molar-refractivity contribution in [1.29, 1.82) is 0 Å². The maximum absolute atomic E-state index is 13.5. The number of nitrogens with zero attached hydrogens (tertiary/aromatic N) is 5. The van der Waals surface area contributed by atoms with Crippen LogP contribution < -0.4 is 10.2 Å². The lowest BCUT2D eigenvalue weighted by Gasteiger charge is -2.35. The number of aromatic nitrogens is 4. The van der Waals surface area contributed by atoms with Crippen LogP contribution >= 0.6 is 0 Å². The molecule has 0 atom stereocenters. The van der Waals surface area contributed by atoms with Crippen LogP contribution in [0.1, 0.15) is 15.9 Å². The first-order valence-electron chi connectivity index (χ1n) is 12.5. The molecule has 10 heteroatoms. The van der Waals surface area contributed by atoms with Gasteiger partial charge in [0, 0.05) is 49.8 Å². The molecule has 3 aromatic heterocycles. The summed E-state index contributed by atoms with van der Waals surface area (Å²) in [6, 6.07) is 15.0. The Hall–Kier alpha value is -4.44. The second-order valence-corrected chi connectivity index (χ2v) is 9.27. The summed E-state index contributed by atoms with van der Waals surface area (Å²) in [5.41, 5.74) is 3.57. The quantitative estimate of drug-likeness (QED) is 0.350. The highest BCUT2D eigenvalue weighted by molar-refractivity contribution is 6.20. The smallest absolute Gasteiger partial charge is 0.257 e. The molecular formula is C28H25F2N7O. The van der Waals surface area contributed by atoms with Crippen LogP contribution in [-0.2, 0) is 6.42 Å². The fourth-order valence-corrected chi connectivity index (χ4v) is 4.94. The average Bonchev–Trinajstić information content (AvgIpc) is 3.34. The Morgan fingerprint density at radius 1 is 0.947 bits per heavy atom. The van der Waals surface area contributed by atoms with E-state index < -0.39 is 11.6 Å². The Morgan fingerprint density at radius 2 is 1.82 bits per heavy atom. The molecule has 0 aliphatic carbocycles. The Bertz CT molecular complexity index is 1610. The fraction of sp³-hybridized carbons (Fsp3) is 0.214. The Morgan fingerprint density at radius 3 is 2.61 bits per heavy atom. The van der Waals surface area contributed by atoms with Crippen molar-refractivity contribution in [3.8, 4) is 0 Å². The molecule has 6 rings (SSSR count). The lowest BCUT2D eigenvalue weighted by atomic mass is 10.1. The zero-order valence-electron chi connectivity index (χ0n) is 20.5. The van der Waals surface area contributed by atoms with Gasteiger partial charge in [0.1, 0.15) is 23.2 Å². The zero-order chi connectivity index (χ0) is 26.1. The predicted octanol–water partition coefficient (Wildman–Crippen LogP) is 4.40. The third kappa shape index (κ3) is 4.66. The molecule has 5 aromatic rings. The normalized spacial score (nSPS) is 14.3. The Balaban J connectivity index is 1.20. The van der Waals surface area contributed by atoms with Gasteiger partial charge in [-0.2, -0.15) is 0 Å². The van der Waals surface area contributed by atoms with E-state index >= 15 is 0 Å². The van der Waals surface area contributed by atoms with Gasteiger partial charge in [-0.3, -0.25) is 9.69 Å². The van der Waals surface area contributed by atoms with Crippen LogP contribution in [0, 0.1) is 11.6 Å². The molecule has 1 fully saturated rings. The molecule has 2 N–H and O–H groups in total. The number of hydrogen-bond donors (Lipinski definition) is 2. The molecule has 0 unspecified atom stereocenters. The maximum atomic E-state index is 13.5. The fourth-order valence-electron chi connectivity index (χ4n) is 4.94. The molecule has 2 aromatic carbocycles. The number of rotatable bonds is 6. The molecule has 0 spiro atoms. The monoisotopic (exact) mass is 513 g/mol. The highest BCUT2D eigenvalue weighted by atomic mass is 19.2. The number of aromatic amines is 1. The minimum atomic E-state index is -0.823. The van der Waals surface area contributed by atoms with E-state index in [4.69, 9.17) is 0 Å². The molecule has 1 amide bonds. The molecule has 0 radical (unpaired) electrons. The summed E-state index contributed by atoms with van der Waals surface area (Å²) < 4.78 is 26.7. The van der Waals surface area contributed by atoms with Gasteiger partial charge >= 0.3 is 0 Å². The number of pyridine rings is 1. The number of piperazine rings is 1. The topological polar surface area (TPSA) is 90.0 Å². The number of carbonyl (C=O) groups is 1. The second kappa shape index (κ2) is 10.1. The largest absolute Gasteiger partial charge is 0.352 e. The van der Waals surface area contributed by atoms with Crippen LogP contribution in [0.2, 0.25) is 0 Å². The van der Waals surface area contributed by atoms with E-state index in [9.17, 15) is 13.6 Å². The van der Waals surface area contributed by atoms with Gasteiger partial charge in [-0.15, -0.1) is 0 Å². The van der Waals surface area contributed by atoms with Crippen molar-refractivity contribution in [2.75, 3.05) is 42.9 Å². The highest BCUT2D eigenvalue weighted by Gasteiger charge is 2.23. The first-order valence-corrected chi connectivity index (χ1v) is 12.5.